The minimum Gasteiger partial charge on any atom is -0.503 e. The number of piperidine rings is 1. The van der Waals surface area contributed by atoms with Crippen LogP contribution in [0.5, 0.6) is 5.75 Å². The summed E-state index contributed by atoms with van der Waals surface area (Å²) in [7, 11) is 0. The number of aromatic hydroxyl groups is 1. The molecule has 2 aromatic rings. The molecule has 0 aliphatic carbocycles. The molecule has 1 fully saturated rings. The van der Waals surface area contributed by atoms with E-state index >= 15 is 0 Å². The van der Waals surface area contributed by atoms with Crippen molar-refractivity contribution in [2.75, 3.05) is 13.1 Å². The lowest BCUT2D eigenvalue weighted by molar-refractivity contribution is -0.0502. The molecule has 0 unspecified atom stereocenters. The first-order valence-electron chi connectivity index (χ1n) is 8.80. The van der Waals surface area contributed by atoms with Crippen molar-refractivity contribution in [3.05, 3.63) is 65.0 Å². The summed E-state index contributed by atoms with van der Waals surface area (Å²) in [6.45, 7) is 2.64. The third-order valence-corrected chi connectivity index (χ3v) is 5.42. The van der Waals surface area contributed by atoms with Crippen LogP contribution in [0.2, 0.25) is 0 Å². The van der Waals surface area contributed by atoms with Gasteiger partial charge in [-0.15, -0.1) is 0 Å². The van der Waals surface area contributed by atoms with Gasteiger partial charge < -0.3 is 15.3 Å². The van der Waals surface area contributed by atoms with E-state index in [4.69, 9.17) is 0 Å². The van der Waals surface area contributed by atoms with Gasteiger partial charge in [-0.25, -0.2) is 13.2 Å². The number of benzene rings is 2. The topological polar surface area (TPSA) is 63.9 Å². The van der Waals surface area contributed by atoms with E-state index in [1.807, 2.05) is 4.90 Å². The maximum atomic E-state index is 13.5. The van der Waals surface area contributed by atoms with Crippen molar-refractivity contribution < 1.29 is 28.5 Å². The van der Waals surface area contributed by atoms with Crippen LogP contribution < -0.4 is 0 Å². The van der Waals surface area contributed by atoms with Gasteiger partial charge in [0, 0.05) is 19.1 Å². The molecule has 2 atom stereocenters. The molecule has 0 aromatic heterocycles. The molecule has 3 rings (SSSR count). The third-order valence-electron chi connectivity index (χ3n) is 5.42. The largest absolute Gasteiger partial charge is 0.503 e. The zero-order valence-corrected chi connectivity index (χ0v) is 14.9. The first kappa shape index (κ1) is 19.7. The summed E-state index contributed by atoms with van der Waals surface area (Å²) in [4.78, 5) is 1.92. The molecule has 0 bridgehead atoms. The van der Waals surface area contributed by atoms with Gasteiger partial charge in [-0.1, -0.05) is 12.1 Å². The van der Waals surface area contributed by atoms with Crippen molar-refractivity contribution in [3.8, 4) is 5.75 Å². The fourth-order valence-corrected chi connectivity index (χ4v) is 3.58. The molecule has 1 aliphatic heterocycles. The summed E-state index contributed by atoms with van der Waals surface area (Å²) in [5, 5.41) is 30.5. The van der Waals surface area contributed by atoms with Crippen molar-refractivity contribution >= 4 is 0 Å². The molecule has 0 saturated carbocycles. The molecule has 0 amide bonds. The highest BCUT2D eigenvalue weighted by molar-refractivity contribution is 5.32. The Balaban J connectivity index is 1.69. The Morgan fingerprint density at radius 3 is 2.04 bits per heavy atom. The van der Waals surface area contributed by atoms with Crippen LogP contribution in [0, 0.1) is 17.5 Å². The van der Waals surface area contributed by atoms with Crippen LogP contribution in [-0.2, 0) is 5.60 Å². The summed E-state index contributed by atoms with van der Waals surface area (Å²) in [5.41, 5.74) is -0.403. The number of aliphatic hydroxyl groups excluding tert-OH is 1. The minimum absolute atomic E-state index is 0.0367. The van der Waals surface area contributed by atoms with E-state index in [1.165, 1.54) is 12.1 Å². The number of hydrogen-bond donors (Lipinski definition) is 3. The fraction of sp³-hybridized carbons (Fsp3) is 0.400. The van der Waals surface area contributed by atoms with Crippen LogP contribution in [0.3, 0.4) is 0 Å². The van der Waals surface area contributed by atoms with Gasteiger partial charge in [0.25, 0.3) is 0 Å². The number of hydrogen-bond acceptors (Lipinski definition) is 4. The molecule has 2 aromatic carbocycles. The monoisotopic (exact) mass is 381 g/mol. The quantitative estimate of drug-likeness (QED) is 0.761. The molecule has 3 N–H and O–H groups in total. The molecule has 1 aliphatic rings. The van der Waals surface area contributed by atoms with Gasteiger partial charge in [-0.05, 0) is 55.2 Å². The number of halogens is 3. The van der Waals surface area contributed by atoms with Gasteiger partial charge in [0.1, 0.15) is 5.82 Å². The van der Waals surface area contributed by atoms with Crippen molar-refractivity contribution in [1.29, 1.82) is 0 Å². The molecule has 1 heterocycles. The summed E-state index contributed by atoms with van der Waals surface area (Å²) < 4.78 is 40.2. The van der Waals surface area contributed by atoms with Crippen LogP contribution in [0.1, 0.15) is 37.0 Å². The minimum atomic E-state index is -1.16. The zero-order valence-electron chi connectivity index (χ0n) is 14.9. The van der Waals surface area contributed by atoms with Crippen molar-refractivity contribution in [2.24, 2.45) is 0 Å². The van der Waals surface area contributed by atoms with Crippen LogP contribution >= 0.6 is 0 Å². The van der Waals surface area contributed by atoms with E-state index in [0.717, 1.165) is 12.1 Å². The third kappa shape index (κ3) is 3.95. The standard InChI is InChI=1S/C20H22F3NO3/c1-12(18(25)13-10-16(22)19(26)17(23)11-13)24-8-6-20(27,7-9-24)14-2-4-15(21)5-3-14/h2-5,10-12,18,25-27H,6-9H2,1H3/t12-,18+/m1/s1. The number of nitrogens with zero attached hydrogens (tertiary/aromatic N) is 1. The van der Waals surface area contributed by atoms with Gasteiger partial charge in [-0.3, -0.25) is 4.90 Å². The molecule has 0 radical (unpaired) electrons. The van der Waals surface area contributed by atoms with Crippen molar-refractivity contribution in [2.45, 2.75) is 37.5 Å². The normalized spacial score (nSPS) is 19.6. The Labute approximate surface area is 155 Å². The van der Waals surface area contributed by atoms with Crippen LogP contribution in [0.4, 0.5) is 13.2 Å². The van der Waals surface area contributed by atoms with E-state index in [1.54, 1.807) is 19.1 Å². The predicted molar refractivity (Wildman–Crippen MR) is 93.5 cm³/mol. The number of likely N-dealkylation sites (tertiary alicyclic amines) is 1. The second-order valence-corrected chi connectivity index (χ2v) is 7.09. The van der Waals surface area contributed by atoms with Crippen LogP contribution in [-0.4, -0.2) is 39.4 Å². The lowest BCUT2D eigenvalue weighted by Gasteiger charge is -2.42. The van der Waals surface area contributed by atoms with E-state index < -0.39 is 35.1 Å². The highest BCUT2D eigenvalue weighted by Gasteiger charge is 2.36. The van der Waals surface area contributed by atoms with E-state index in [0.29, 0.717) is 31.5 Å². The smallest absolute Gasteiger partial charge is 0.187 e. The molecule has 4 nitrogen and oxygen atoms in total. The second-order valence-electron chi connectivity index (χ2n) is 7.09. The van der Waals surface area contributed by atoms with Gasteiger partial charge in [0.05, 0.1) is 11.7 Å². The molecule has 146 valence electrons. The first-order valence-corrected chi connectivity index (χ1v) is 8.80. The maximum Gasteiger partial charge on any atom is 0.187 e. The Bertz CT molecular complexity index is 782. The Hall–Kier alpha value is -2.09. The van der Waals surface area contributed by atoms with Gasteiger partial charge in [0.15, 0.2) is 17.4 Å². The number of phenolic OH excluding ortho intramolecular Hbond substituents is 1. The average Bonchev–Trinajstić information content (AvgIpc) is 2.65. The number of rotatable bonds is 4. The second kappa shape index (κ2) is 7.50. The Morgan fingerprint density at radius 1 is 1.00 bits per heavy atom. The summed E-state index contributed by atoms with van der Waals surface area (Å²) >= 11 is 0. The van der Waals surface area contributed by atoms with E-state index in [2.05, 4.69) is 0 Å². The van der Waals surface area contributed by atoms with Gasteiger partial charge in [-0.2, -0.15) is 0 Å². The number of phenols is 1. The van der Waals surface area contributed by atoms with Crippen molar-refractivity contribution in [3.63, 3.8) is 0 Å². The maximum absolute atomic E-state index is 13.5. The van der Waals surface area contributed by atoms with Crippen molar-refractivity contribution in [1.82, 2.24) is 4.90 Å². The van der Waals surface area contributed by atoms with Crippen LogP contribution in [0.15, 0.2) is 36.4 Å². The summed E-state index contributed by atoms with van der Waals surface area (Å²) in [5.74, 6) is -3.69. The lowest BCUT2D eigenvalue weighted by Crippen LogP contribution is -2.47. The van der Waals surface area contributed by atoms with Crippen LogP contribution in [0.25, 0.3) is 0 Å². The zero-order chi connectivity index (χ0) is 19.8. The Kier molecular flexibility index (Phi) is 5.46. The molecular weight excluding hydrogens is 359 g/mol. The predicted octanol–water partition coefficient (Wildman–Crippen LogP) is 3.22. The van der Waals surface area contributed by atoms with E-state index in [9.17, 15) is 28.5 Å². The molecule has 1 saturated heterocycles. The molecular formula is C20H22F3NO3. The Morgan fingerprint density at radius 2 is 1.52 bits per heavy atom. The average molecular weight is 381 g/mol. The summed E-state index contributed by atoms with van der Waals surface area (Å²) in [6.07, 6.45) is -0.395. The first-order chi connectivity index (χ1) is 12.7. The molecule has 0 spiro atoms. The summed E-state index contributed by atoms with van der Waals surface area (Å²) in [6, 6.07) is 7.11. The molecule has 7 heteroatoms. The SMILES string of the molecule is C[C@H]([C@H](O)c1cc(F)c(O)c(F)c1)N1CCC(O)(c2ccc(F)cc2)CC1. The van der Waals surface area contributed by atoms with Gasteiger partial charge in [0.2, 0.25) is 0 Å². The highest BCUT2D eigenvalue weighted by atomic mass is 19.1. The lowest BCUT2D eigenvalue weighted by atomic mass is 9.83. The highest BCUT2D eigenvalue weighted by Crippen LogP contribution is 2.35. The van der Waals surface area contributed by atoms with Gasteiger partial charge >= 0.3 is 0 Å². The molecule has 27 heavy (non-hydrogen) atoms. The number of aliphatic hydroxyl groups is 2. The fourth-order valence-electron chi connectivity index (χ4n) is 3.58. The van der Waals surface area contributed by atoms with E-state index in [-0.39, 0.29) is 11.4 Å².